The molecule has 9 heteroatoms. The monoisotopic (exact) mass is 909 g/mol. The quantitative estimate of drug-likeness (QED) is 0.0272. The molecule has 8 nitrogen and oxygen atoms in total. The highest BCUT2D eigenvalue weighted by atomic mass is 31.2. The van der Waals surface area contributed by atoms with Crippen LogP contribution in [0.1, 0.15) is 251 Å². The van der Waals surface area contributed by atoms with E-state index >= 15 is 0 Å². The summed E-state index contributed by atoms with van der Waals surface area (Å²) >= 11 is 0. The predicted octanol–water partition coefficient (Wildman–Crippen LogP) is 15.2. The summed E-state index contributed by atoms with van der Waals surface area (Å²) in [5.74, 6) is -0.210. The van der Waals surface area contributed by atoms with E-state index in [0.29, 0.717) is 17.4 Å². The average Bonchev–Trinajstić information content (AvgIpc) is 3.24. The number of nitrogens with zero attached hydrogens (tertiary/aromatic N) is 1. The lowest BCUT2D eigenvalue weighted by atomic mass is 10.0. The van der Waals surface area contributed by atoms with Gasteiger partial charge in [-0.15, -0.1) is 0 Å². The van der Waals surface area contributed by atoms with Crippen molar-refractivity contribution < 1.29 is 32.9 Å². The number of phosphoric acid groups is 1. The maximum Gasteiger partial charge on any atom is 0.268 e. The second kappa shape index (κ2) is 45.9. The van der Waals surface area contributed by atoms with Crippen LogP contribution in [0.15, 0.2) is 36.5 Å². The van der Waals surface area contributed by atoms with Gasteiger partial charge < -0.3 is 28.8 Å². The van der Waals surface area contributed by atoms with Crippen molar-refractivity contribution in [3.8, 4) is 0 Å². The van der Waals surface area contributed by atoms with Crippen LogP contribution < -0.4 is 10.2 Å². The molecule has 0 heterocycles. The van der Waals surface area contributed by atoms with E-state index in [1.807, 2.05) is 27.2 Å². The van der Waals surface area contributed by atoms with Crippen LogP contribution in [-0.2, 0) is 18.4 Å². The zero-order chi connectivity index (χ0) is 46.4. The molecule has 0 aromatic rings. The largest absolute Gasteiger partial charge is 0.756 e. The van der Waals surface area contributed by atoms with Crippen molar-refractivity contribution in [3.63, 3.8) is 0 Å². The van der Waals surface area contributed by atoms with E-state index < -0.39 is 20.0 Å². The number of amides is 1. The van der Waals surface area contributed by atoms with Gasteiger partial charge in [0.1, 0.15) is 13.2 Å². The summed E-state index contributed by atoms with van der Waals surface area (Å²) in [6, 6.07) is -0.893. The minimum Gasteiger partial charge on any atom is -0.756 e. The van der Waals surface area contributed by atoms with Gasteiger partial charge in [-0.25, -0.2) is 0 Å². The van der Waals surface area contributed by atoms with E-state index in [0.717, 1.165) is 64.2 Å². The first-order valence-electron chi connectivity index (χ1n) is 26.9. The summed E-state index contributed by atoms with van der Waals surface area (Å²) in [6.45, 7) is 4.61. The summed E-state index contributed by atoms with van der Waals surface area (Å²) in [4.78, 5) is 25.4. The fourth-order valence-electron chi connectivity index (χ4n) is 7.82. The van der Waals surface area contributed by atoms with Gasteiger partial charge in [-0.3, -0.25) is 9.36 Å². The molecule has 63 heavy (non-hydrogen) atoms. The smallest absolute Gasteiger partial charge is 0.268 e. The number of carbonyl (C=O) groups excluding carboxylic acids is 1. The van der Waals surface area contributed by atoms with E-state index in [1.165, 1.54) is 167 Å². The number of carbonyl (C=O) groups is 1. The zero-order valence-corrected chi connectivity index (χ0v) is 43.2. The number of aliphatic hydroxyl groups excluding tert-OH is 1. The number of aliphatic hydroxyl groups is 1. The van der Waals surface area contributed by atoms with Gasteiger partial charge in [0.15, 0.2) is 0 Å². The van der Waals surface area contributed by atoms with Crippen LogP contribution in [-0.4, -0.2) is 68.5 Å². The number of hydrogen-bond donors (Lipinski definition) is 2. The van der Waals surface area contributed by atoms with E-state index in [9.17, 15) is 19.4 Å². The molecule has 0 aliphatic heterocycles. The summed E-state index contributed by atoms with van der Waals surface area (Å²) in [7, 11) is 1.25. The third-order valence-corrected chi connectivity index (χ3v) is 13.1. The molecule has 1 amide bonds. The van der Waals surface area contributed by atoms with Gasteiger partial charge >= 0.3 is 0 Å². The van der Waals surface area contributed by atoms with Crippen molar-refractivity contribution in [2.75, 3.05) is 40.9 Å². The predicted molar refractivity (Wildman–Crippen MR) is 270 cm³/mol. The molecule has 0 aliphatic carbocycles. The second-order valence-corrected chi connectivity index (χ2v) is 21.0. The van der Waals surface area contributed by atoms with Crippen LogP contribution in [0.3, 0.4) is 0 Å². The van der Waals surface area contributed by atoms with E-state index in [2.05, 4.69) is 43.5 Å². The molecule has 0 fully saturated rings. The zero-order valence-electron chi connectivity index (χ0n) is 42.3. The Morgan fingerprint density at radius 1 is 0.556 bits per heavy atom. The fourth-order valence-corrected chi connectivity index (χ4v) is 8.54. The SMILES string of the molecule is CCCC/C=C\C/C=C\CCCCCCCC(=O)NC(COP(=O)([O-])OCC[N+](C)(C)C)C(O)/C=C/CCCCCCCCCCCCCCCCCCCCCCCCCCC. The Bertz CT molecular complexity index is 1120. The van der Waals surface area contributed by atoms with Gasteiger partial charge in [-0.2, -0.15) is 0 Å². The lowest BCUT2D eigenvalue weighted by molar-refractivity contribution is -0.870. The first-order chi connectivity index (χ1) is 30.5. The van der Waals surface area contributed by atoms with Crippen LogP contribution in [0.5, 0.6) is 0 Å². The third kappa shape index (κ3) is 48.5. The number of quaternary nitrogens is 1. The second-order valence-electron chi connectivity index (χ2n) is 19.6. The standard InChI is InChI=1S/C54H105N2O6P/c1-6-8-10-12-14-16-18-20-22-23-24-25-26-27-28-29-30-31-32-33-34-35-37-39-41-43-45-47-53(57)52(51-62-63(59,60)61-50-49-56(3,4)5)55-54(58)48-46-44-42-40-38-36-21-19-17-15-13-11-9-7-2/h13,15,19,21,45,47,52-53,57H,6-12,14,16-18,20,22-44,46,48-51H2,1-5H3,(H-,55,58,59,60)/b15-13-,21-19-,47-45+. The number of likely N-dealkylation sites (N-methyl/N-ethyl adjacent to an activating group) is 1. The van der Waals surface area contributed by atoms with E-state index in [1.54, 1.807) is 6.08 Å². The highest BCUT2D eigenvalue weighted by Gasteiger charge is 2.23. The summed E-state index contributed by atoms with van der Waals surface area (Å²) in [6.07, 6.45) is 57.9. The van der Waals surface area contributed by atoms with E-state index in [-0.39, 0.29) is 19.1 Å². The maximum absolute atomic E-state index is 12.9. The van der Waals surface area contributed by atoms with Crippen LogP contribution in [0.25, 0.3) is 0 Å². The lowest BCUT2D eigenvalue weighted by Gasteiger charge is -2.29. The minimum absolute atomic E-state index is 0.00384. The van der Waals surface area contributed by atoms with Crippen molar-refractivity contribution in [2.45, 2.75) is 264 Å². The number of hydrogen-bond acceptors (Lipinski definition) is 6. The maximum atomic E-state index is 12.9. The molecule has 0 bridgehead atoms. The Balaban J connectivity index is 4.19. The van der Waals surface area contributed by atoms with Gasteiger partial charge in [0, 0.05) is 6.42 Å². The molecule has 0 saturated carbocycles. The summed E-state index contributed by atoms with van der Waals surface area (Å²) in [5, 5.41) is 13.8. The van der Waals surface area contributed by atoms with Gasteiger partial charge in [-0.05, 0) is 44.9 Å². The third-order valence-electron chi connectivity index (χ3n) is 12.1. The molecule has 372 valence electrons. The molecule has 2 N–H and O–H groups in total. The number of phosphoric ester groups is 1. The topological polar surface area (TPSA) is 108 Å². The van der Waals surface area contributed by atoms with E-state index in [4.69, 9.17) is 9.05 Å². The molecule has 0 saturated heterocycles. The van der Waals surface area contributed by atoms with Crippen LogP contribution in [0.2, 0.25) is 0 Å². The van der Waals surface area contributed by atoms with Crippen molar-refractivity contribution >= 4 is 13.7 Å². The Morgan fingerprint density at radius 2 is 0.937 bits per heavy atom. The van der Waals surface area contributed by atoms with Gasteiger partial charge in [0.2, 0.25) is 5.91 Å². The van der Waals surface area contributed by atoms with Crippen LogP contribution in [0, 0.1) is 0 Å². The summed E-state index contributed by atoms with van der Waals surface area (Å²) in [5.41, 5.74) is 0. The highest BCUT2D eigenvalue weighted by molar-refractivity contribution is 7.45. The first kappa shape index (κ1) is 61.7. The van der Waals surface area contributed by atoms with Crippen molar-refractivity contribution in [1.29, 1.82) is 0 Å². The normalized spacial score (nSPS) is 14.3. The highest BCUT2D eigenvalue weighted by Crippen LogP contribution is 2.38. The molecule has 0 spiro atoms. The van der Waals surface area contributed by atoms with Crippen LogP contribution >= 0.6 is 7.82 Å². The Kier molecular flexibility index (Phi) is 44.9. The molecule has 0 radical (unpaired) electrons. The number of rotatable bonds is 49. The molecular weight excluding hydrogens is 804 g/mol. The van der Waals surface area contributed by atoms with Gasteiger partial charge in [0.05, 0.1) is 39.9 Å². The fraction of sp³-hybridized carbons (Fsp3) is 0.870. The Hall–Kier alpha value is -1.28. The van der Waals surface area contributed by atoms with Gasteiger partial charge in [-0.1, -0.05) is 237 Å². The number of unbranched alkanes of at least 4 members (excludes halogenated alkanes) is 32. The molecule has 0 rings (SSSR count). The molecular formula is C54H105N2O6P. The van der Waals surface area contributed by atoms with Crippen molar-refractivity contribution in [2.24, 2.45) is 0 Å². The molecule has 3 unspecified atom stereocenters. The first-order valence-corrected chi connectivity index (χ1v) is 28.3. The molecule has 0 aromatic carbocycles. The van der Waals surface area contributed by atoms with Crippen molar-refractivity contribution in [1.82, 2.24) is 5.32 Å². The molecule has 0 aliphatic rings. The molecule has 0 aromatic heterocycles. The summed E-state index contributed by atoms with van der Waals surface area (Å²) < 4.78 is 23.3. The number of allylic oxidation sites excluding steroid dienone is 5. The van der Waals surface area contributed by atoms with Crippen molar-refractivity contribution in [3.05, 3.63) is 36.5 Å². The lowest BCUT2D eigenvalue weighted by Crippen LogP contribution is -2.45. The minimum atomic E-state index is -4.60. The molecule has 3 atom stereocenters. The average molecular weight is 909 g/mol. The Labute approximate surface area is 391 Å². The Morgan fingerprint density at radius 3 is 1.37 bits per heavy atom. The number of nitrogens with one attached hydrogen (secondary N) is 1. The van der Waals surface area contributed by atoms with Gasteiger partial charge in [0.25, 0.3) is 7.82 Å². The van der Waals surface area contributed by atoms with Crippen LogP contribution in [0.4, 0.5) is 0 Å².